The van der Waals surface area contributed by atoms with Crippen molar-refractivity contribution in [2.45, 2.75) is 90.5 Å². The molecule has 1 saturated carbocycles. The molecule has 1 aliphatic carbocycles. The summed E-state index contributed by atoms with van der Waals surface area (Å²) in [4.78, 5) is 37.1. The Kier molecular flexibility index (Phi) is 7.85. The van der Waals surface area contributed by atoms with Gasteiger partial charge >= 0.3 is 0 Å². The summed E-state index contributed by atoms with van der Waals surface area (Å²) >= 11 is 0.897. The quantitative estimate of drug-likeness (QED) is 0.423. The molecule has 2 aromatic rings. The molecule has 0 spiro atoms. The number of nitrogens with one attached hydrogen (secondary N) is 2. The van der Waals surface area contributed by atoms with Crippen LogP contribution in [-0.4, -0.2) is 62.1 Å². The Balaban J connectivity index is 1.73. The molecule has 37 heavy (non-hydrogen) atoms. The maximum absolute atomic E-state index is 14.3. The molecule has 3 heterocycles. The smallest absolute Gasteiger partial charge is 0.280 e. The molecule has 4 atom stereocenters. The normalized spacial score (nSPS) is 24.0. The van der Waals surface area contributed by atoms with E-state index in [9.17, 15) is 23.5 Å². The Hall–Kier alpha value is -2.66. The van der Waals surface area contributed by atoms with Crippen LogP contribution in [0.4, 0.5) is 14.6 Å². The molecule has 11 heteroatoms. The molecular formula is C26H35F2N5O3S. The first kappa shape index (κ1) is 27.4. The van der Waals surface area contributed by atoms with Gasteiger partial charge in [-0.15, -0.1) is 11.3 Å². The highest BCUT2D eigenvalue weighted by atomic mass is 32.1. The van der Waals surface area contributed by atoms with Crippen LogP contribution in [0.15, 0.2) is 12.3 Å². The van der Waals surface area contributed by atoms with E-state index in [1.807, 2.05) is 34.6 Å². The lowest BCUT2D eigenvalue weighted by Gasteiger charge is -2.21. The minimum Gasteiger partial charge on any atom is -0.388 e. The highest BCUT2D eigenvalue weighted by Gasteiger charge is 2.52. The lowest BCUT2D eigenvalue weighted by atomic mass is 10.1. The SMILES string of the molecule is CCC1(O)CC1NC(=O)c1nc(C(=O)N2CCC[C@@H]2C)c(-c2cnc(N[C@@H](C)C(C)C)cc2C(F)F)s1. The fourth-order valence-electron chi connectivity index (χ4n) is 4.53. The zero-order chi connectivity index (χ0) is 27.1. The first-order valence-electron chi connectivity index (χ1n) is 12.8. The van der Waals surface area contributed by atoms with Crippen molar-refractivity contribution >= 4 is 29.0 Å². The number of hydrogen-bond acceptors (Lipinski definition) is 7. The number of alkyl halides is 2. The fourth-order valence-corrected chi connectivity index (χ4v) is 5.52. The van der Waals surface area contributed by atoms with Crippen LogP contribution in [0.1, 0.15) is 92.6 Å². The lowest BCUT2D eigenvalue weighted by molar-refractivity contribution is 0.0742. The van der Waals surface area contributed by atoms with E-state index in [2.05, 4.69) is 20.6 Å². The second-order valence-electron chi connectivity index (χ2n) is 10.5. The Labute approximate surface area is 219 Å². The summed E-state index contributed by atoms with van der Waals surface area (Å²) in [5.41, 5.74) is -1.16. The zero-order valence-corrected chi connectivity index (χ0v) is 22.7. The summed E-state index contributed by atoms with van der Waals surface area (Å²) < 4.78 is 28.6. The van der Waals surface area contributed by atoms with Gasteiger partial charge in [-0.05, 0) is 45.1 Å². The molecule has 2 aromatic heterocycles. The Morgan fingerprint density at radius 1 is 1.32 bits per heavy atom. The summed E-state index contributed by atoms with van der Waals surface area (Å²) in [5.74, 6) is -0.341. The van der Waals surface area contributed by atoms with Gasteiger partial charge in [0.1, 0.15) is 11.5 Å². The Morgan fingerprint density at radius 3 is 2.62 bits per heavy atom. The van der Waals surface area contributed by atoms with Gasteiger partial charge in [-0.2, -0.15) is 0 Å². The Morgan fingerprint density at radius 2 is 2.05 bits per heavy atom. The van der Waals surface area contributed by atoms with E-state index in [1.165, 1.54) is 12.3 Å². The van der Waals surface area contributed by atoms with Crippen molar-refractivity contribution in [1.29, 1.82) is 0 Å². The van der Waals surface area contributed by atoms with E-state index < -0.39 is 24.0 Å². The van der Waals surface area contributed by atoms with Crippen LogP contribution in [0.25, 0.3) is 10.4 Å². The molecule has 2 unspecified atom stereocenters. The van der Waals surface area contributed by atoms with Crippen molar-refractivity contribution < 1.29 is 23.5 Å². The van der Waals surface area contributed by atoms with Gasteiger partial charge in [-0.1, -0.05) is 20.8 Å². The first-order chi connectivity index (χ1) is 17.4. The monoisotopic (exact) mass is 535 g/mol. The number of pyridine rings is 1. The van der Waals surface area contributed by atoms with Crippen LogP contribution in [-0.2, 0) is 0 Å². The third-order valence-corrected chi connectivity index (χ3v) is 8.68. The number of aliphatic hydroxyl groups is 1. The predicted molar refractivity (Wildman–Crippen MR) is 139 cm³/mol. The molecule has 4 rings (SSSR count). The number of halogens is 2. The number of hydrogen-bond donors (Lipinski definition) is 3. The van der Waals surface area contributed by atoms with Crippen LogP contribution in [0.2, 0.25) is 0 Å². The largest absolute Gasteiger partial charge is 0.388 e. The fraction of sp³-hybridized carbons (Fsp3) is 0.615. The highest BCUT2D eigenvalue weighted by molar-refractivity contribution is 7.17. The summed E-state index contributed by atoms with van der Waals surface area (Å²) in [6.45, 7) is 10.3. The molecule has 0 aromatic carbocycles. The molecule has 1 saturated heterocycles. The van der Waals surface area contributed by atoms with Crippen LogP contribution in [0, 0.1) is 5.92 Å². The van der Waals surface area contributed by atoms with Gasteiger partial charge in [0.05, 0.1) is 16.5 Å². The van der Waals surface area contributed by atoms with Gasteiger partial charge in [0.15, 0.2) is 5.01 Å². The first-order valence-corrected chi connectivity index (χ1v) is 13.7. The number of amides is 2. The molecule has 0 bridgehead atoms. The third kappa shape index (κ3) is 5.62. The minimum atomic E-state index is -2.83. The van der Waals surface area contributed by atoms with Crippen LogP contribution < -0.4 is 10.6 Å². The summed E-state index contributed by atoms with van der Waals surface area (Å²) in [7, 11) is 0. The Bertz CT molecular complexity index is 1170. The highest BCUT2D eigenvalue weighted by Crippen LogP contribution is 2.41. The van der Waals surface area contributed by atoms with Gasteiger partial charge in [0.25, 0.3) is 18.2 Å². The number of aromatic nitrogens is 2. The number of carbonyl (C=O) groups excluding carboxylic acids is 2. The van der Waals surface area contributed by atoms with Crippen molar-refractivity contribution in [3.63, 3.8) is 0 Å². The maximum Gasteiger partial charge on any atom is 0.280 e. The molecule has 2 fully saturated rings. The molecule has 8 nitrogen and oxygen atoms in total. The second kappa shape index (κ2) is 10.6. The maximum atomic E-state index is 14.3. The summed E-state index contributed by atoms with van der Waals surface area (Å²) in [6, 6.07) is 0.904. The van der Waals surface area contributed by atoms with Gasteiger partial charge in [0, 0.05) is 42.4 Å². The number of rotatable bonds is 9. The second-order valence-corrected chi connectivity index (χ2v) is 11.5. The topological polar surface area (TPSA) is 107 Å². The molecule has 3 N–H and O–H groups in total. The lowest BCUT2D eigenvalue weighted by Crippen LogP contribution is -2.34. The predicted octanol–water partition coefficient (Wildman–Crippen LogP) is 4.87. The van der Waals surface area contributed by atoms with Crippen molar-refractivity contribution in [1.82, 2.24) is 20.2 Å². The summed E-state index contributed by atoms with van der Waals surface area (Å²) in [5, 5.41) is 16.2. The zero-order valence-electron chi connectivity index (χ0n) is 21.8. The van der Waals surface area contributed by atoms with E-state index in [4.69, 9.17) is 0 Å². The molecular weight excluding hydrogens is 500 g/mol. The van der Waals surface area contributed by atoms with E-state index in [1.54, 1.807) is 4.90 Å². The van der Waals surface area contributed by atoms with Crippen LogP contribution >= 0.6 is 11.3 Å². The molecule has 1 aliphatic heterocycles. The van der Waals surface area contributed by atoms with Gasteiger partial charge in [0.2, 0.25) is 0 Å². The average Bonchev–Trinajstić information content (AvgIpc) is 3.18. The minimum absolute atomic E-state index is 0.00796. The number of anilines is 1. The van der Waals surface area contributed by atoms with Crippen molar-refractivity contribution in [3.05, 3.63) is 28.5 Å². The molecule has 0 radical (unpaired) electrons. The number of carbonyl (C=O) groups is 2. The van der Waals surface area contributed by atoms with Gasteiger partial charge < -0.3 is 20.6 Å². The van der Waals surface area contributed by atoms with Crippen molar-refractivity contribution in [2.24, 2.45) is 5.92 Å². The third-order valence-electron chi connectivity index (χ3n) is 7.59. The molecule has 2 amide bonds. The van der Waals surface area contributed by atoms with Crippen molar-refractivity contribution in [3.8, 4) is 10.4 Å². The summed E-state index contributed by atoms with van der Waals surface area (Å²) in [6.07, 6.45) is 1.12. The molecule has 2 aliphatic rings. The van der Waals surface area contributed by atoms with Crippen molar-refractivity contribution in [2.75, 3.05) is 11.9 Å². The number of thiazole rings is 1. The van der Waals surface area contributed by atoms with E-state index >= 15 is 0 Å². The van der Waals surface area contributed by atoms with Gasteiger partial charge in [-0.25, -0.2) is 18.7 Å². The van der Waals surface area contributed by atoms with E-state index in [0.717, 1.165) is 24.2 Å². The van der Waals surface area contributed by atoms with E-state index in [-0.39, 0.29) is 50.6 Å². The van der Waals surface area contributed by atoms with Gasteiger partial charge in [-0.3, -0.25) is 9.59 Å². The van der Waals surface area contributed by atoms with Crippen LogP contribution in [0.5, 0.6) is 0 Å². The number of nitrogens with zero attached hydrogens (tertiary/aromatic N) is 3. The molecule has 202 valence electrons. The average molecular weight is 536 g/mol. The number of likely N-dealkylation sites (tertiary alicyclic amines) is 1. The van der Waals surface area contributed by atoms with Crippen LogP contribution in [0.3, 0.4) is 0 Å². The standard InChI is InChI=1S/C26H35F2N5O3S/c1-6-26(36)11-18(26)31-23(34)24-32-20(25(35)33-9-7-8-14(33)4)21(37-24)17-12-29-19(10-16(17)22(27)28)30-15(5)13(2)3/h10,12-15,18,22,36H,6-9,11H2,1-5H3,(H,29,30)(H,31,34)/t14-,15-,18?,26?/m0/s1. The van der Waals surface area contributed by atoms with E-state index in [0.29, 0.717) is 25.2 Å².